The van der Waals surface area contributed by atoms with Gasteiger partial charge in [0.15, 0.2) is 6.10 Å². The topological polar surface area (TPSA) is 56.8 Å². The van der Waals surface area contributed by atoms with Crippen molar-refractivity contribution in [3.8, 4) is 11.5 Å². The lowest BCUT2D eigenvalue weighted by molar-refractivity contribution is -0.147. The van der Waals surface area contributed by atoms with Crippen molar-refractivity contribution in [2.45, 2.75) is 39.5 Å². The predicted molar refractivity (Wildman–Crippen MR) is 77.1 cm³/mol. The van der Waals surface area contributed by atoms with Gasteiger partial charge in [0.2, 0.25) is 0 Å². The zero-order valence-corrected chi connectivity index (χ0v) is 12.7. The molecule has 0 aliphatic heterocycles. The Hall–Kier alpha value is -1.75. The van der Waals surface area contributed by atoms with Crippen molar-refractivity contribution in [1.82, 2.24) is 5.32 Å². The molecule has 1 atom stereocenters. The van der Waals surface area contributed by atoms with Crippen molar-refractivity contribution in [1.29, 1.82) is 0 Å². The first-order chi connectivity index (χ1) is 9.47. The van der Waals surface area contributed by atoms with Crippen LogP contribution in [0.3, 0.4) is 0 Å². The molecular weight excluding hydrogens is 258 g/mol. The first kappa shape index (κ1) is 16.3. The number of carbonyl (C=O) groups excluding carboxylic acids is 1. The molecule has 0 heterocycles. The Balaban J connectivity index is 2.91. The Morgan fingerprint density at radius 1 is 1.25 bits per heavy atom. The number of esters is 1. The fraction of sp³-hybridized carbons (Fsp3) is 0.533. The maximum atomic E-state index is 11.5. The molecule has 0 aromatic heterocycles. The van der Waals surface area contributed by atoms with E-state index in [9.17, 15) is 4.79 Å². The van der Waals surface area contributed by atoms with Crippen LogP contribution in [0.1, 0.15) is 26.3 Å². The molecule has 1 N–H and O–H groups in total. The summed E-state index contributed by atoms with van der Waals surface area (Å²) in [4.78, 5) is 11.5. The lowest BCUT2D eigenvalue weighted by atomic mass is 10.1. The predicted octanol–water partition coefficient (Wildman–Crippen LogP) is 2.13. The second-order valence-corrected chi connectivity index (χ2v) is 4.79. The van der Waals surface area contributed by atoms with E-state index >= 15 is 0 Å². The van der Waals surface area contributed by atoms with Crippen molar-refractivity contribution >= 4 is 5.97 Å². The zero-order chi connectivity index (χ0) is 15.1. The summed E-state index contributed by atoms with van der Waals surface area (Å²) in [5.41, 5.74) is 0.968. The lowest BCUT2D eigenvalue weighted by Crippen LogP contribution is -2.26. The Morgan fingerprint density at radius 2 is 1.95 bits per heavy atom. The van der Waals surface area contributed by atoms with Gasteiger partial charge in [-0.25, -0.2) is 4.79 Å². The van der Waals surface area contributed by atoms with E-state index in [0.717, 1.165) is 5.56 Å². The highest BCUT2D eigenvalue weighted by Gasteiger charge is 2.17. The number of rotatable bonds is 7. The van der Waals surface area contributed by atoms with Gasteiger partial charge < -0.3 is 19.5 Å². The summed E-state index contributed by atoms with van der Waals surface area (Å²) >= 11 is 0. The largest absolute Gasteiger partial charge is 0.497 e. The molecule has 0 saturated carbocycles. The molecule has 20 heavy (non-hydrogen) atoms. The van der Waals surface area contributed by atoms with Gasteiger partial charge in [-0.1, -0.05) is 19.9 Å². The van der Waals surface area contributed by atoms with E-state index in [1.165, 1.54) is 7.11 Å². The number of nitrogens with one attached hydrogen (secondary N) is 1. The number of hydrogen-bond donors (Lipinski definition) is 1. The minimum absolute atomic E-state index is 0.364. The van der Waals surface area contributed by atoms with Crippen LogP contribution in [0.15, 0.2) is 18.2 Å². The minimum Gasteiger partial charge on any atom is -0.497 e. The first-order valence-corrected chi connectivity index (χ1v) is 6.62. The third-order valence-electron chi connectivity index (χ3n) is 2.81. The molecule has 0 radical (unpaired) electrons. The van der Waals surface area contributed by atoms with Crippen LogP contribution in [-0.4, -0.2) is 32.3 Å². The number of carbonyl (C=O) groups is 1. The van der Waals surface area contributed by atoms with Gasteiger partial charge in [0.25, 0.3) is 0 Å². The Labute approximate surface area is 120 Å². The molecule has 0 fully saturated rings. The van der Waals surface area contributed by atoms with Gasteiger partial charge in [-0.3, -0.25) is 0 Å². The second kappa shape index (κ2) is 7.75. The molecule has 5 heteroatoms. The van der Waals surface area contributed by atoms with Crippen molar-refractivity contribution in [2.75, 3.05) is 14.2 Å². The molecule has 0 bridgehead atoms. The zero-order valence-electron chi connectivity index (χ0n) is 12.7. The molecule has 0 saturated heterocycles. The highest BCUT2D eigenvalue weighted by atomic mass is 16.6. The quantitative estimate of drug-likeness (QED) is 0.776. The van der Waals surface area contributed by atoms with E-state index in [0.29, 0.717) is 24.1 Å². The van der Waals surface area contributed by atoms with E-state index in [1.54, 1.807) is 20.1 Å². The molecule has 1 rings (SSSR count). The summed E-state index contributed by atoms with van der Waals surface area (Å²) in [7, 11) is 2.93. The molecule has 1 unspecified atom stereocenters. The number of hydrogen-bond acceptors (Lipinski definition) is 5. The van der Waals surface area contributed by atoms with E-state index < -0.39 is 12.1 Å². The molecule has 5 nitrogen and oxygen atoms in total. The second-order valence-electron chi connectivity index (χ2n) is 4.79. The number of ether oxygens (including phenoxy) is 3. The monoisotopic (exact) mass is 281 g/mol. The summed E-state index contributed by atoms with van der Waals surface area (Å²) in [6, 6.07) is 5.93. The van der Waals surface area contributed by atoms with Crippen molar-refractivity contribution in [3.63, 3.8) is 0 Å². The summed E-state index contributed by atoms with van der Waals surface area (Å²) < 4.78 is 15.5. The first-order valence-electron chi connectivity index (χ1n) is 6.62. The Bertz CT molecular complexity index is 445. The van der Waals surface area contributed by atoms with Crippen molar-refractivity contribution in [3.05, 3.63) is 23.8 Å². The third kappa shape index (κ3) is 4.74. The number of methoxy groups -OCH3 is 2. The van der Waals surface area contributed by atoms with Crippen LogP contribution < -0.4 is 14.8 Å². The average Bonchev–Trinajstić information content (AvgIpc) is 2.44. The Kier molecular flexibility index (Phi) is 6.31. The van der Waals surface area contributed by atoms with Gasteiger partial charge in [-0.05, 0) is 13.0 Å². The molecule has 0 aliphatic carbocycles. The third-order valence-corrected chi connectivity index (χ3v) is 2.81. The standard InChI is InChI=1S/C15H23NO4/c1-10(2)16-9-12-6-7-13(18-4)8-14(12)20-11(3)15(17)19-5/h6-8,10-11,16H,9H2,1-5H3. The van der Waals surface area contributed by atoms with Crippen molar-refractivity contribution < 1.29 is 19.0 Å². The van der Waals surface area contributed by atoms with E-state index in [2.05, 4.69) is 23.9 Å². The molecule has 1 aromatic rings. The van der Waals surface area contributed by atoms with Crippen LogP contribution in [0.4, 0.5) is 0 Å². The van der Waals surface area contributed by atoms with E-state index in [1.807, 2.05) is 12.1 Å². The highest BCUT2D eigenvalue weighted by Crippen LogP contribution is 2.26. The van der Waals surface area contributed by atoms with Crippen LogP contribution in [-0.2, 0) is 16.1 Å². The molecule has 1 aromatic carbocycles. The van der Waals surface area contributed by atoms with Crippen LogP contribution in [0.25, 0.3) is 0 Å². The lowest BCUT2D eigenvalue weighted by Gasteiger charge is -2.17. The van der Waals surface area contributed by atoms with Crippen LogP contribution in [0.2, 0.25) is 0 Å². The van der Waals surface area contributed by atoms with Crippen LogP contribution in [0.5, 0.6) is 11.5 Å². The van der Waals surface area contributed by atoms with Crippen LogP contribution in [0, 0.1) is 0 Å². The van der Waals surface area contributed by atoms with E-state index in [4.69, 9.17) is 9.47 Å². The molecule has 112 valence electrons. The number of benzene rings is 1. The molecule has 0 aliphatic rings. The summed E-state index contributed by atoms with van der Waals surface area (Å²) in [6.45, 7) is 6.46. The maximum Gasteiger partial charge on any atom is 0.346 e. The van der Waals surface area contributed by atoms with Gasteiger partial charge in [0, 0.05) is 24.2 Å². The highest BCUT2D eigenvalue weighted by molar-refractivity contribution is 5.74. The Morgan fingerprint density at radius 3 is 2.50 bits per heavy atom. The van der Waals surface area contributed by atoms with Gasteiger partial charge in [-0.15, -0.1) is 0 Å². The maximum absolute atomic E-state index is 11.5. The summed E-state index contributed by atoms with van der Waals surface area (Å²) in [6.07, 6.45) is -0.662. The SMILES string of the molecule is COC(=O)C(C)Oc1cc(OC)ccc1CNC(C)C. The smallest absolute Gasteiger partial charge is 0.346 e. The van der Waals surface area contributed by atoms with Crippen LogP contribution >= 0.6 is 0 Å². The molecule has 0 amide bonds. The van der Waals surface area contributed by atoms with E-state index in [-0.39, 0.29) is 0 Å². The van der Waals surface area contributed by atoms with Crippen molar-refractivity contribution in [2.24, 2.45) is 0 Å². The normalized spacial score (nSPS) is 12.1. The van der Waals surface area contributed by atoms with Gasteiger partial charge in [0.05, 0.1) is 14.2 Å². The van der Waals surface area contributed by atoms with Gasteiger partial charge in [-0.2, -0.15) is 0 Å². The van der Waals surface area contributed by atoms with Gasteiger partial charge in [0.1, 0.15) is 11.5 Å². The summed E-state index contributed by atoms with van der Waals surface area (Å²) in [5, 5.41) is 3.32. The fourth-order valence-corrected chi connectivity index (χ4v) is 1.64. The molecule has 0 spiro atoms. The fourth-order valence-electron chi connectivity index (χ4n) is 1.64. The molecular formula is C15H23NO4. The van der Waals surface area contributed by atoms with Gasteiger partial charge >= 0.3 is 5.97 Å². The average molecular weight is 281 g/mol. The minimum atomic E-state index is -0.662. The summed E-state index contributed by atoms with van der Waals surface area (Å²) in [5.74, 6) is 0.899.